The highest BCUT2D eigenvalue weighted by Gasteiger charge is 2.22. The zero-order chi connectivity index (χ0) is 16.9. The zero-order valence-corrected chi connectivity index (χ0v) is 14.2. The first-order valence-corrected chi connectivity index (χ1v) is 8.69. The number of carbonyl (C=O) groups is 1. The van der Waals surface area contributed by atoms with Crippen molar-refractivity contribution in [2.45, 2.75) is 32.7 Å². The van der Waals surface area contributed by atoms with Crippen LogP contribution in [0.3, 0.4) is 0 Å². The molecule has 0 bridgehead atoms. The second-order valence-corrected chi connectivity index (χ2v) is 7.01. The van der Waals surface area contributed by atoms with E-state index in [0.717, 1.165) is 43.9 Å². The van der Waals surface area contributed by atoms with E-state index in [2.05, 4.69) is 30.4 Å². The van der Waals surface area contributed by atoms with Crippen molar-refractivity contribution < 1.29 is 9.18 Å². The van der Waals surface area contributed by atoms with Gasteiger partial charge < -0.3 is 5.32 Å². The number of nitrogens with zero attached hydrogens (tertiary/aromatic N) is 5. The fraction of sp³-hybridized carbons (Fsp3) is 0.533. The fourth-order valence-electron chi connectivity index (χ4n) is 2.87. The molecule has 7 nitrogen and oxygen atoms in total. The molecule has 3 rings (SSSR count). The third-order valence-electron chi connectivity index (χ3n) is 3.86. The summed E-state index contributed by atoms with van der Waals surface area (Å²) in [7, 11) is 0. The number of nitrogens with one attached hydrogen (secondary N) is 1. The van der Waals surface area contributed by atoms with Crippen LogP contribution in [0.1, 0.15) is 30.6 Å². The predicted molar refractivity (Wildman–Crippen MR) is 87.9 cm³/mol. The Morgan fingerprint density at radius 2 is 2.21 bits per heavy atom. The number of halogens is 1. The third-order valence-corrected chi connectivity index (χ3v) is 4.68. The molecule has 128 valence electrons. The summed E-state index contributed by atoms with van der Waals surface area (Å²) >= 11 is 1.40. The van der Waals surface area contributed by atoms with E-state index in [0.29, 0.717) is 16.9 Å². The Morgan fingerprint density at radius 3 is 2.96 bits per heavy atom. The molecule has 1 aliphatic rings. The average Bonchev–Trinajstić information content (AvgIpc) is 2.96. The molecule has 2 aromatic rings. The van der Waals surface area contributed by atoms with Gasteiger partial charge in [-0.05, 0) is 25.3 Å². The van der Waals surface area contributed by atoms with Crippen LogP contribution in [0.25, 0.3) is 0 Å². The lowest BCUT2D eigenvalue weighted by molar-refractivity contribution is -0.114. The maximum absolute atomic E-state index is 12.9. The topological polar surface area (TPSA) is 83.9 Å². The fourth-order valence-corrected chi connectivity index (χ4v) is 3.70. The minimum atomic E-state index is -0.407. The Bertz CT molecular complexity index is 692. The van der Waals surface area contributed by atoms with Crippen LogP contribution in [0.2, 0.25) is 0 Å². The first kappa shape index (κ1) is 16.8. The van der Waals surface area contributed by atoms with E-state index in [9.17, 15) is 9.18 Å². The van der Waals surface area contributed by atoms with Gasteiger partial charge in [0, 0.05) is 19.9 Å². The van der Waals surface area contributed by atoms with Crippen molar-refractivity contribution in [3.05, 3.63) is 29.0 Å². The Labute approximate surface area is 143 Å². The summed E-state index contributed by atoms with van der Waals surface area (Å²) in [6, 6.07) is 0. The van der Waals surface area contributed by atoms with Crippen molar-refractivity contribution in [1.29, 1.82) is 0 Å². The highest BCUT2D eigenvalue weighted by atomic mass is 32.1. The molecule has 0 spiro atoms. The average molecular weight is 350 g/mol. The number of rotatable bonds is 5. The van der Waals surface area contributed by atoms with Gasteiger partial charge in [0.15, 0.2) is 5.82 Å². The Kier molecular flexibility index (Phi) is 5.41. The summed E-state index contributed by atoms with van der Waals surface area (Å²) in [5.41, 5.74) is 0. The van der Waals surface area contributed by atoms with Gasteiger partial charge in [0.2, 0.25) is 11.0 Å². The molecule has 0 saturated carbocycles. The van der Waals surface area contributed by atoms with Crippen molar-refractivity contribution in [2.75, 3.05) is 18.4 Å². The van der Waals surface area contributed by atoms with Crippen molar-refractivity contribution in [2.24, 2.45) is 5.92 Å². The molecule has 2 aromatic heterocycles. The SMILES string of the molecule is CC(=O)Nc1nnc(CN2CCC[C@H](Cc3ncc(F)cn3)C2)s1. The third kappa shape index (κ3) is 4.75. The van der Waals surface area contributed by atoms with Gasteiger partial charge >= 0.3 is 0 Å². The van der Waals surface area contributed by atoms with E-state index in [-0.39, 0.29) is 5.91 Å². The van der Waals surface area contributed by atoms with Gasteiger partial charge in [0.05, 0.1) is 18.9 Å². The molecule has 0 aliphatic carbocycles. The minimum Gasteiger partial charge on any atom is -0.301 e. The molecular weight excluding hydrogens is 331 g/mol. The smallest absolute Gasteiger partial charge is 0.223 e. The van der Waals surface area contributed by atoms with Crippen molar-refractivity contribution >= 4 is 22.4 Å². The van der Waals surface area contributed by atoms with Gasteiger partial charge in [-0.15, -0.1) is 10.2 Å². The lowest BCUT2D eigenvalue weighted by Gasteiger charge is -2.31. The minimum absolute atomic E-state index is 0.143. The van der Waals surface area contributed by atoms with Crippen LogP contribution in [0, 0.1) is 11.7 Å². The summed E-state index contributed by atoms with van der Waals surface area (Å²) in [6.45, 7) is 4.11. The number of aromatic nitrogens is 4. The molecule has 1 fully saturated rings. The van der Waals surface area contributed by atoms with Crippen LogP contribution in [-0.2, 0) is 17.8 Å². The van der Waals surface area contributed by atoms with E-state index in [4.69, 9.17) is 0 Å². The first-order chi connectivity index (χ1) is 11.6. The quantitative estimate of drug-likeness (QED) is 0.886. The zero-order valence-electron chi connectivity index (χ0n) is 13.4. The molecule has 24 heavy (non-hydrogen) atoms. The molecule has 0 aromatic carbocycles. The summed E-state index contributed by atoms with van der Waals surface area (Å²) in [5, 5.41) is 12.2. The standard InChI is InChI=1S/C15H19FN6OS/c1-10(23)19-15-21-20-14(24-15)9-22-4-2-3-11(8-22)5-13-17-6-12(16)7-18-13/h6-7,11H,2-5,8-9H2,1H3,(H,19,21,23)/t11-/m1/s1. The molecule has 1 aliphatic heterocycles. The number of piperidine rings is 1. The van der Waals surface area contributed by atoms with Gasteiger partial charge in [-0.1, -0.05) is 11.3 Å². The van der Waals surface area contributed by atoms with Crippen LogP contribution in [0.5, 0.6) is 0 Å². The van der Waals surface area contributed by atoms with Gasteiger partial charge in [-0.25, -0.2) is 14.4 Å². The van der Waals surface area contributed by atoms with Crippen LogP contribution >= 0.6 is 11.3 Å². The monoisotopic (exact) mass is 350 g/mol. The van der Waals surface area contributed by atoms with E-state index >= 15 is 0 Å². The molecule has 1 saturated heterocycles. The molecule has 1 amide bonds. The molecule has 3 heterocycles. The highest BCUT2D eigenvalue weighted by Crippen LogP contribution is 2.23. The van der Waals surface area contributed by atoms with E-state index in [1.807, 2.05) is 0 Å². The van der Waals surface area contributed by atoms with Crippen LogP contribution < -0.4 is 5.32 Å². The normalized spacial score (nSPS) is 18.5. The predicted octanol–water partition coefficient (Wildman–Crippen LogP) is 1.88. The van der Waals surface area contributed by atoms with E-state index < -0.39 is 5.82 Å². The molecule has 0 unspecified atom stereocenters. The number of hydrogen-bond donors (Lipinski definition) is 1. The number of likely N-dealkylation sites (tertiary alicyclic amines) is 1. The van der Waals surface area contributed by atoms with Crippen molar-refractivity contribution in [1.82, 2.24) is 25.1 Å². The van der Waals surface area contributed by atoms with Crippen molar-refractivity contribution in [3.8, 4) is 0 Å². The molecule has 0 radical (unpaired) electrons. The Balaban J connectivity index is 1.54. The summed E-state index contributed by atoms with van der Waals surface area (Å²) in [5.74, 6) is 0.587. The van der Waals surface area contributed by atoms with Crippen molar-refractivity contribution in [3.63, 3.8) is 0 Å². The molecular formula is C15H19FN6OS. The van der Waals surface area contributed by atoms with Gasteiger partial charge in [-0.2, -0.15) is 0 Å². The van der Waals surface area contributed by atoms with Gasteiger partial charge in [-0.3, -0.25) is 9.69 Å². The number of carbonyl (C=O) groups excluding carboxylic acids is 1. The maximum Gasteiger partial charge on any atom is 0.223 e. The van der Waals surface area contributed by atoms with Crippen LogP contribution in [-0.4, -0.2) is 44.1 Å². The first-order valence-electron chi connectivity index (χ1n) is 7.87. The maximum atomic E-state index is 12.9. The highest BCUT2D eigenvalue weighted by molar-refractivity contribution is 7.15. The second-order valence-electron chi connectivity index (χ2n) is 5.95. The van der Waals surface area contributed by atoms with Gasteiger partial charge in [0.1, 0.15) is 10.8 Å². The van der Waals surface area contributed by atoms with Crippen LogP contribution in [0.4, 0.5) is 9.52 Å². The molecule has 9 heteroatoms. The van der Waals surface area contributed by atoms with Gasteiger partial charge in [0.25, 0.3) is 0 Å². The largest absolute Gasteiger partial charge is 0.301 e. The second kappa shape index (κ2) is 7.71. The van der Waals surface area contributed by atoms with E-state index in [1.54, 1.807) is 0 Å². The lowest BCUT2D eigenvalue weighted by Crippen LogP contribution is -2.35. The summed E-state index contributed by atoms with van der Waals surface area (Å²) in [4.78, 5) is 21.5. The summed E-state index contributed by atoms with van der Waals surface area (Å²) in [6.07, 6.45) is 5.40. The Hall–Kier alpha value is -2.00. The molecule has 1 atom stereocenters. The summed E-state index contributed by atoms with van der Waals surface area (Å²) < 4.78 is 12.9. The lowest BCUT2D eigenvalue weighted by atomic mass is 9.94. The number of amides is 1. The number of anilines is 1. The number of hydrogen-bond acceptors (Lipinski definition) is 7. The van der Waals surface area contributed by atoms with E-state index in [1.165, 1.54) is 30.7 Å². The molecule has 1 N–H and O–H groups in total. The Morgan fingerprint density at radius 1 is 1.42 bits per heavy atom. The van der Waals surface area contributed by atoms with Crippen LogP contribution in [0.15, 0.2) is 12.4 Å².